The Balaban J connectivity index is 1.63. The minimum atomic E-state index is -0.700. The van der Waals surface area contributed by atoms with Gasteiger partial charge < -0.3 is 10.3 Å². The van der Waals surface area contributed by atoms with Crippen molar-refractivity contribution in [2.75, 3.05) is 5.32 Å². The molecule has 0 spiro atoms. The van der Waals surface area contributed by atoms with Crippen LogP contribution in [0.5, 0.6) is 0 Å². The second-order valence-electron chi connectivity index (χ2n) is 7.17. The lowest BCUT2D eigenvalue weighted by Gasteiger charge is -2.27. The lowest BCUT2D eigenvalue weighted by molar-refractivity contribution is -0.117. The third kappa shape index (κ3) is 3.67. The van der Waals surface area contributed by atoms with E-state index in [1.54, 1.807) is 30.3 Å². The third-order valence-corrected chi connectivity index (χ3v) is 5.62. The van der Waals surface area contributed by atoms with Crippen LogP contribution >= 0.6 is 15.9 Å². The molecule has 7 nitrogen and oxygen atoms in total. The smallest absolute Gasteiger partial charge is 0.317 e. The van der Waals surface area contributed by atoms with Crippen LogP contribution in [0.25, 0.3) is 11.0 Å². The Morgan fingerprint density at radius 2 is 1.93 bits per heavy atom. The Bertz CT molecular complexity index is 1260. The number of benzene rings is 2. The van der Waals surface area contributed by atoms with Crippen LogP contribution < -0.4 is 16.4 Å². The maximum atomic E-state index is 12.6. The number of nitrogens with zero attached hydrogens (tertiary/aromatic N) is 1. The molecule has 0 fully saturated rings. The first-order valence-electron chi connectivity index (χ1n) is 9.21. The van der Waals surface area contributed by atoms with Gasteiger partial charge in [0.15, 0.2) is 5.78 Å². The molecule has 2 heterocycles. The fraction of sp³-hybridized carbons (Fsp3) is 0.238. The number of aryl methyl sites for hydroxylation is 1. The van der Waals surface area contributed by atoms with Crippen molar-refractivity contribution < 1.29 is 9.59 Å². The minimum absolute atomic E-state index is 0.0481. The summed E-state index contributed by atoms with van der Waals surface area (Å²) in [5, 5.41) is 2.80. The summed E-state index contributed by atoms with van der Waals surface area (Å²) >= 11 is 3.43. The van der Waals surface area contributed by atoms with E-state index in [4.69, 9.17) is 0 Å². The molecule has 148 valence electrons. The quantitative estimate of drug-likeness (QED) is 0.465. The minimum Gasteiger partial charge on any atom is -0.326 e. The van der Waals surface area contributed by atoms with Gasteiger partial charge in [-0.25, -0.2) is 0 Å². The van der Waals surface area contributed by atoms with Crippen LogP contribution in [0.1, 0.15) is 41.7 Å². The van der Waals surface area contributed by atoms with E-state index in [1.807, 2.05) is 6.07 Å². The van der Waals surface area contributed by atoms with Gasteiger partial charge in [-0.3, -0.25) is 23.7 Å². The van der Waals surface area contributed by atoms with E-state index in [1.165, 1.54) is 11.5 Å². The lowest BCUT2D eigenvalue weighted by Crippen LogP contribution is -2.41. The Morgan fingerprint density at radius 1 is 1.21 bits per heavy atom. The zero-order valence-corrected chi connectivity index (χ0v) is 17.2. The Kier molecular flexibility index (Phi) is 4.96. The number of aromatic amines is 1. The first-order chi connectivity index (χ1) is 13.8. The number of H-pyrrole nitrogens is 1. The molecule has 1 amide bonds. The average Bonchev–Trinajstić information content (AvgIpc) is 2.67. The molecule has 8 heteroatoms. The van der Waals surface area contributed by atoms with Crippen molar-refractivity contribution in [3.05, 3.63) is 72.7 Å². The summed E-state index contributed by atoms with van der Waals surface area (Å²) in [6.45, 7) is 1.48. The molecule has 4 rings (SSSR count). The van der Waals surface area contributed by atoms with E-state index in [0.717, 1.165) is 10.0 Å². The van der Waals surface area contributed by atoms with Gasteiger partial charge in [0.2, 0.25) is 5.91 Å². The van der Waals surface area contributed by atoms with Crippen molar-refractivity contribution in [3.63, 3.8) is 0 Å². The largest absolute Gasteiger partial charge is 0.326 e. The second kappa shape index (κ2) is 7.44. The van der Waals surface area contributed by atoms with Crippen LogP contribution in [0.2, 0.25) is 0 Å². The molecule has 2 aromatic carbocycles. The van der Waals surface area contributed by atoms with Crippen molar-refractivity contribution in [2.24, 2.45) is 0 Å². The maximum absolute atomic E-state index is 12.6. The van der Waals surface area contributed by atoms with Gasteiger partial charge in [0, 0.05) is 28.2 Å². The van der Waals surface area contributed by atoms with Gasteiger partial charge in [-0.15, -0.1) is 0 Å². The number of aromatic nitrogens is 2. The lowest BCUT2D eigenvalue weighted by atomic mass is 9.96. The first-order valence-corrected chi connectivity index (χ1v) is 10.0. The summed E-state index contributed by atoms with van der Waals surface area (Å²) in [7, 11) is 0. The molecular weight excluding hydrogens is 438 g/mol. The number of rotatable bonds is 4. The normalized spacial score (nSPS) is 15.3. The maximum Gasteiger partial charge on any atom is 0.317 e. The standard InChI is InChI=1S/C21H18BrN3O4/c1-11(26)12-2-5-15(6-3-12)23-18(27)10-16-7-4-13-8-14(22)9-17-19(13)25(16)21(29)20(28)24-17/h2-3,5-6,8-9,16H,4,7,10H2,1H3,(H,23,27)(H,24,28). The van der Waals surface area contributed by atoms with Crippen molar-refractivity contribution in [1.29, 1.82) is 0 Å². The predicted molar refractivity (Wildman–Crippen MR) is 114 cm³/mol. The molecule has 0 aliphatic carbocycles. The van der Waals surface area contributed by atoms with E-state index in [9.17, 15) is 19.2 Å². The summed E-state index contributed by atoms with van der Waals surface area (Å²) in [6.07, 6.45) is 1.35. The van der Waals surface area contributed by atoms with Gasteiger partial charge >= 0.3 is 11.1 Å². The number of amides is 1. The molecule has 29 heavy (non-hydrogen) atoms. The number of Topliss-reactive ketones (excluding diaryl/α,β-unsaturated/α-hetero) is 1. The molecule has 0 saturated heterocycles. The summed E-state index contributed by atoms with van der Waals surface area (Å²) in [4.78, 5) is 51.3. The Labute approximate surface area is 173 Å². The molecule has 1 unspecified atom stereocenters. The summed E-state index contributed by atoms with van der Waals surface area (Å²) in [5.41, 5.74) is 1.99. The summed E-state index contributed by atoms with van der Waals surface area (Å²) in [5.74, 6) is -0.306. The highest BCUT2D eigenvalue weighted by atomic mass is 79.9. The zero-order chi connectivity index (χ0) is 20.7. The number of ketones is 1. The number of carbonyl (C=O) groups excluding carboxylic acids is 2. The van der Waals surface area contributed by atoms with Crippen LogP contribution in [0.4, 0.5) is 5.69 Å². The first kappa shape index (κ1) is 19.3. The van der Waals surface area contributed by atoms with Gasteiger partial charge in [-0.1, -0.05) is 15.9 Å². The van der Waals surface area contributed by atoms with Crippen molar-refractivity contribution >= 4 is 44.3 Å². The number of halogens is 1. The van der Waals surface area contributed by atoms with E-state index in [0.29, 0.717) is 35.1 Å². The van der Waals surface area contributed by atoms with Crippen molar-refractivity contribution in [1.82, 2.24) is 9.55 Å². The highest BCUT2D eigenvalue weighted by Crippen LogP contribution is 2.32. The molecule has 0 radical (unpaired) electrons. The number of anilines is 1. The van der Waals surface area contributed by atoms with E-state index >= 15 is 0 Å². The summed E-state index contributed by atoms with van der Waals surface area (Å²) in [6, 6.07) is 9.92. The summed E-state index contributed by atoms with van der Waals surface area (Å²) < 4.78 is 2.28. The number of nitrogens with one attached hydrogen (secondary N) is 2. The fourth-order valence-corrected chi connectivity index (χ4v) is 4.33. The SMILES string of the molecule is CC(=O)c1ccc(NC(=O)CC2CCc3cc(Br)cc4[nH]c(=O)c(=O)n2c34)cc1. The fourth-order valence-electron chi connectivity index (χ4n) is 3.82. The number of carbonyl (C=O) groups is 2. The molecule has 0 bridgehead atoms. The van der Waals surface area contributed by atoms with Gasteiger partial charge in [0.25, 0.3) is 0 Å². The molecule has 3 aromatic rings. The van der Waals surface area contributed by atoms with Gasteiger partial charge in [-0.2, -0.15) is 0 Å². The molecule has 1 aromatic heterocycles. The molecule has 0 saturated carbocycles. The third-order valence-electron chi connectivity index (χ3n) is 5.16. The monoisotopic (exact) mass is 455 g/mol. The topological polar surface area (TPSA) is 101 Å². The van der Waals surface area contributed by atoms with Gasteiger partial charge in [0.05, 0.1) is 11.0 Å². The zero-order valence-electron chi connectivity index (χ0n) is 15.6. The van der Waals surface area contributed by atoms with Crippen LogP contribution in [-0.4, -0.2) is 21.2 Å². The number of hydrogen-bond acceptors (Lipinski definition) is 4. The molecule has 1 atom stereocenters. The second-order valence-corrected chi connectivity index (χ2v) is 8.08. The molecule has 1 aliphatic heterocycles. The van der Waals surface area contributed by atoms with Crippen LogP contribution in [0, 0.1) is 0 Å². The molecular formula is C21H18BrN3O4. The Morgan fingerprint density at radius 3 is 2.62 bits per heavy atom. The highest BCUT2D eigenvalue weighted by molar-refractivity contribution is 9.10. The van der Waals surface area contributed by atoms with Gasteiger partial charge in [0.1, 0.15) is 0 Å². The molecule has 2 N–H and O–H groups in total. The van der Waals surface area contributed by atoms with Crippen LogP contribution in [-0.2, 0) is 11.2 Å². The highest BCUT2D eigenvalue weighted by Gasteiger charge is 2.26. The van der Waals surface area contributed by atoms with Crippen LogP contribution in [0.3, 0.4) is 0 Å². The average molecular weight is 456 g/mol. The van der Waals surface area contributed by atoms with Crippen molar-refractivity contribution in [2.45, 2.75) is 32.2 Å². The van der Waals surface area contributed by atoms with Crippen molar-refractivity contribution in [3.8, 4) is 0 Å². The van der Waals surface area contributed by atoms with E-state index in [2.05, 4.69) is 26.2 Å². The van der Waals surface area contributed by atoms with E-state index in [-0.39, 0.29) is 18.1 Å². The molecule has 1 aliphatic rings. The Hall–Kier alpha value is -3.00. The number of hydrogen-bond donors (Lipinski definition) is 2. The predicted octanol–water partition coefficient (Wildman–Crippen LogP) is 3.17. The van der Waals surface area contributed by atoms with E-state index < -0.39 is 17.2 Å². The van der Waals surface area contributed by atoms with Crippen LogP contribution in [0.15, 0.2) is 50.5 Å². The van der Waals surface area contributed by atoms with Gasteiger partial charge in [-0.05, 0) is 61.7 Å².